The molecule has 0 saturated heterocycles. The van der Waals surface area contributed by atoms with Gasteiger partial charge in [0.2, 0.25) is 0 Å². The monoisotopic (exact) mass is 267 g/mol. The van der Waals surface area contributed by atoms with Gasteiger partial charge in [-0.2, -0.15) is 0 Å². The first kappa shape index (κ1) is 12.7. The van der Waals surface area contributed by atoms with Crippen LogP contribution in [0.15, 0.2) is 36.4 Å². The van der Waals surface area contributed by atoms with E-state index in [-0.39, 0.29) is 23.1 Å². The molecule has 0 aliphatic carbocycles. The molecule has 0 aliphatic rings. The van der Waals surface area contributed by atoms with Crippen molar-refractivity contribution in [1.82, 2.24) is 0 Å². The van der Waals surface area contributed by atoms with Crippen LogP contribution < -0.4 is 10.5 Å². The van der Waals surface area contributed by atoms with E-state index in [1.165, 1.54) is 6.07 Å². The lowest BCUT2D eigenvalue weighted by Crippen LogP contribution is -1.96. The van der Waals surface area contributed by atoms with Gasteiger partial charge in [-0.3, -0.25) is 0 Å². The average Bonchev–Trinajstić information content (AvgIpc) is 2.36. The third-order valence-corrected chi connectivity index (χ3v) is 2.71. The maximum absolute atomic E-state index is 13.1. The zero-order valence-electron chi connectivity index (χ0n) is 9.36. The van der Waals surface area contributed by atoms with E-state index in [2.05, 4.69) is 0 Å². The number of rotatable bonds is 3. The number of nitrogen functional groups attached to an aromatic ring is 1. The summed E-state index contributed by atoms with van der Waals surface area (Å²) in [6.45, 7) is -0.162. The van der Waals surface area contributed by atoms with Gasteiger partial charge in [0.25, 0.3) is 0 Å². The van der Waals surface area contributed by atoms with Gasteiger partial charge in [0.1, 0.15) is 11.6 Å². The number of aliphatic hydroxyl groups is 1. The summed E-state index contributed by atoms with van der Waals surface area (Å²) in [4.78, 5) is 0. The molecule has 94 valence electrons. The Bertz CT molecular complexity index is 575. The molecule has 0 aliphatic heterocycles. The highest BCUT2D eigenvalue weighted by molar-refractivity contribution is 6.31. The van der Waals surface area contributed by atoms with Gasteiger partial charge in [-0.15, -0.1) is 0 Å². The minimum absolute atomic E-state index is 0.0688. The van der Waals surface area contributed by atoms with Gasteiger partial charge >= 0.3 is 0 Å². The topological polar surface area (TPSA) is 55.5 Å². The molecule has 5 heteroatoms. The second kappa shape index (κ2) is 5.25. The number of ether oxygens (including phenoxy) is 1. The van der Waals surface area contributed by atoms with Gasteiger partial charge in [-0.1, -0.05) is 29.8 Å². The minimum atomic E-state index is -0.600. The van der Waals surface area contributed by atoms with Crippen LogP contribution in [-0.4, -0.2) is 5.11 Å². The molecule has 3 N–H and O–H groups in total. The van der Waals surface area contributed by atoms with E-state index in [0.717, 1.165) is 6.07 Å². The Balaban J connectivity index is 2.37. The summed E-state index contributed by atoms with van der Waals surface area (Å²) in [6.07, 6.45) is 0. The Labute approximate surface area is 109 Å². The first-order valence-electron chi connectivity index (χ1n) is 5.23. The first-order valence-corrected chi connectivity index (χ1v) is 5.60. The van der Waals surface area contributed by atoms with Crippen molar-refractivity contribution in [2.75, 3.05) is 5.73 Å². The van der Waals surface area contributed by atoms with E-state index in [9.17, 15) is 4.39 Å². The molecule has 18 heavy (non-hydrogen) atoms. The van der Waals surface area contributed by atoms with Crippen LogP contribution in [0.1, 0.15) is 5.56 Å². The smallest absolute Gasteiger partial charge is 0.152 e. The van der Waals surface area contributed by atoms with Crippen molar-refractivity contribution in [1.29, 1.82) is 0 Å². The van der Waals surface area contributed by atoms with E-state index in [0.29, 0.717) is 11.3 Å². The highest BCUT2D eigenvalue weighted by Gasteiger charge is 2.10. The summed E-state index contributed by atoms with van der Waals surface area (Å²) in [5.41, 5.74) is 6.40. The molecule has 0 radical (unpaired) electrons. The third-order valence-electron chi connectivity index (χ3n) is 2.42. The highest BCUT2D eigenvalue weighted by atomic mass is 35.5. The van der Waals surface area contributed by atoms with Gasteiger partial charge in [-0.05, 0) is 6.07 Å². The number of hydrogen-bond donors (Lipinski definition) is 2. The van der Waals surface area contributed by atoms with Crippen molar-refractivity contribution in [3.8, 4) is 11.5 Å². The van der Waals surface area contributed by atoms with Crippen LogP contribution in [0.4, 0.5) is 10.1 Å². The average molecular weight is 268 g/mol. The lowest BCUT2D eigenvalue weighted by Gasteiger charge is -2.12. The number of anilines is 1. The standard InChI is InChI=1S/C13H11ClFNO2/c14-9-5-13(11(16)6-10(9)15)18-12-4-2-1-3-8(12)7-17/h1-6,17H,7,16H2. The van der Waals surface area contributed by atoms with Crippen molar-refractivity contribution >= 4 is 17.3 Å². The summed E-state index contributed by atoms with van der Waals surface area (Å²) < 4.78 is 18.7. The summed E-state index contributed by atoms with van der Waals surface area (Å²) >= 11 is 5.67. The second-order valence-corrected chi connectivity index (χ2v) is 4.08. The summed E-state index contributed by atoms with van der Waals surface area (Å²) in [7, 11) is 0. The number of halogens is 2. The molecule has 0 bridgehead atoms. The fourth-order valence-electron chi connectivity index (χ4n) is 1.48. The zero-order chi connectivity index (χ0) is 13.1. The first-order chi connectivity index (χ1) is 8.61. The Morgan fingerprint density at radius 3 is 2.67 bits per heavy atom. The van der Waals surface area contributed by atoms with Crippen LogP contribution in [-0.2, 0) is 6.61 Å². The number of aliphatic hydroxyl groups excluding tert-OH is 1. The van der Waals surface area contributed by atoms with Gasteiger partial charge in [0, 0.05) is 17.7 Å². The quantitative estimate of drug-likeness (QED) is 0.839. The predicted octanol–water partition coefficient (Wildman–Crippen LogP) is 3.35. The summed E-state index contributed by atoms with van der Waals surface area (Å²) in [5, 5.41) is 9.10. The van der Waals surface area contributed by atoms with Crippen molar-refractivity contribution < 1.29 is 14.2 Å². The molecule has 0 aromatic heterocycles. The third kappa shape index (κ3) is 2.55. The SMILES string of the molecule is Nc1cc(F)c(Cl)cc1Oc1ccccc1CO. The van der Waals surface area contributed by atoms with Gasteiger partial charge in [0.15, 0.2) is 5.75 Å². The van der Waals surface area contributed by atoms with Crippen molar-refractivity contribution in [3.63, 3.8) is 0 Å². The molecule has 0 heterocycles. The molecule has 2 rings (SSSR count). The van der Waals surface area contributed by atoms with Crippen LogP contribution in [0.25, 0.3) is 0 Å². The Morgan fingerprint density at radius 1 is 1.22 bits per heavy atom. The van der Waals surface area contributed by atoms with E-state index >= 15 is 0 Å². The molecule has 3 nitrogen and oxygen atoms in total. The number of nitrogens with two attached hydrogens (primary N) is 1. The molecule has 0 saturated carbocycles. The van der Waals surface area contributed by atoms with Gasteiger partial charge < -0.3 is 15.6 Å². The van der Waals surface area contributed by atoms with Crippen LogP contribution in [0.5, 0.6) is 11.5 Å². The van der Waals surface area contributed by atoms with Crippen molar-refractivity contribution in [2.24, 2.45) is 0 Å². The van der Waals surface area contributed by atoms with Crippen LogP contribution in [0.2, 0.25) is 5.02 Å². The molecule has 0 fully saturated rings. The Morgan fingerprint density at radius 2 is 1.94 bits per heavy atom. The van der Waals surface area contributed by atoms with E-state index in [1.54, 1.807) is 24.3 Å². The van der Waals surface area contributed by atoms with Gasteiger partial charge in [-0.25, -0.2) is 4.39 Å². The number of para-hydroxylation sites is 1. The largest absolute Gasteiger partial charge is 0.455 e. The molecule has 2 aromatic carbocycles. The number of benzene rings is 2. The normalized spacial score (nSPS) is 10.4. The molecular formula is C13H11ClFNO2. The van der Waals surface area contributed by atoms with Crippen LogP contribution in [0, 0.1) is 5.82 Å². The second-order valence-electron chi connectivity index (χ2n) is 3.67. The summed E-state index contributed by atoms with van der Waals surface area (Å²) in [5.74, 6) is 0.105. The fourth-order valence-corrected chi connectivity index (χ4v) is 1.64. The Kier molecular flexibility index (Phi) is 3.69. The van der Waals surface area contributed by atoms with E-state index in [4.69, 9.17) is 27.2 Å². The number of hydrogen-bond acceptors (Lipinski definition) is 3. The van der Waals surface area contributed by atoms with Crippen LogP contribution >= 0.6 is 11.6 Å². The maximum Gasteiger partial charge on any atom is 0.152 e. The fraction of sp³-hybridized carbons (Fsp3) is 0.0769. The maximum atomic E-state index is 13.1. The van der Waals surface area contributed by atoms with Crippen LogP contribution in [0.3, 0.4) is 0 Å². The highest BCUT2D eigenvalue weighted by Crippen LogP contribution is 2.33. The van der Waals surface area contributed by atoms with Crippen molar-refractivity contribution in [3.05, 3.63) is 52.8 Å². The molecule has 0 unspecified atom stereocenters. The van der Waals surface area contributed by atoms with E-state index < -0.39 is 5.82 Å². The minimum Gasteiger partial charge on any atom is -0.455 e. The summed E-state index contributed by atoms with van der Waals surface area (Å²) in [6, 6.07) is 9.34. The lowest BCUT2D eigenvalue weighted by molar-refractivity contribution is 0.276. The molecular weight excluding hydrogens is 257 g/mol. The predicted molar refractivity (Wildman–Crippen MR) is 68.3 cm³/mol. The van der Waals surface area contributed by atoms with E-state index in [1.807, 2.05) is 0 Å². The molecule has 0 amide bonds. The lowest BCUT2D eigenvalue weighted by atomic mass is 10.2. The van der Waals surface area contributed by atoms with Crippen molar-refractivity contribution in [2.45, 2.75) is 6.61 Å². The molecule has 0 atom stereocenters. The molecule has 0 spiro atoms. The Hall–Kier alpha value is -1.78. The zero-order valence-corrected chi connectivity index (χ0v) is 10.1. The van der Waals surface area contributed by atoms with Gasteiger partial charge in [0.05, 0.1) is 17.3 Å². The molecule has 2 aromatic rings.